The smallest absolute Gasteiger partial charge is 0.236 e. The van der Waals surface area contributed by atoms with Gasteiger partial charge in [-0.15, -0.1) is 0 Å². The minimum Gasteiger partial charge on any atom is -0.340 e. The van der Waals surface area contributed by atoms with Gasteiger partial charge in [-0.1, -0.05) is 50.1 Å². The van der Waals surface area contributed by atoms with E-state index in [0.717, 1.165) is 10.0 Å². The maximum atomic E-state index is 11.6. The Morgan fingerprint density at radius 1 is 1.47 bits per heavy atom. The number of benzene rings is 1. The Kier molecular flexibility index (Phi) is 4.80. The lowest BCUT2D eigenvalue weighted by Gasteiger charge is -2.19. The highest BCUT2D eigenvalue weighted by Gasteiger charge is 2.14. The van der Waals surface area contributed by atoms with Gasteiger partial charge in [0.05, 0.1) is 4.83 Å². The minimum atomic E-state index is -0.134. The quantitative estimate of drug-likeness (QED) is 0.777. The van der Waals surface area contributed by atoms with Crippen LogP contribution in [0.2, 0.25) is 0 Å². The molecule has 1 aromatic carbocycles. The van der Waals surface area contributed by atoms with Crippen LogP contribution in [0.25, 0.3) is 0 Å². The van der Waals surface area contributed by atoms with E-state index >= 15 is 0 Å². The van der Waals surface area contributed by atoms with E-state index in [1.54, 1.807) is 11.9 Å². The standard InChI is InChI=1S/C11H13Br2NO/c1-8(12)11(15)14(2)7-9-5-3-4-6-10(9)13/h3-6,8H,7H2,1-2H3. The highest BCUT2D eigenvalue weighted by Crippen LogP contribution is 2.18. The molecule has 0 spiro atoms. The highest BCUT2D eigenvalue weighted by atomic mass is 79.9. The van der Waals surface area contributed by atoms with Crippen LogP contribution in [0.15, 0.2) is 28.7 Å². The van der Waals surface area contributed by atoms with Crippen LogP contribution < -0.4 is 0 Å². The van der Waals surface area contributed by atoms with Gasteiger partial charge >= 0.3 is 0 Å². The fourth-order valence-corrected chi connectivity index (χ4v) is 2.02. The zero-order chi connectivity index (χ0) is 11.4. The molecule has 0 bridgehead atoms. The second-order valence-corrected chi connectivity index (χ2v) is 5.63. The van der Waals surface area contributed by atoms with Crippen molar-refractivity contribution in [2.24, 2.45) is 0 Å². The first-order valence-electron chi connectivity index (χ1n) is 4.65. The summed E-state index contributed by atoms with van der Waals surface area (Å²) in [7, 11) is 1.81. The first-order valence-corrected chi connectivity index (χ1v) is 6.35. The molecule has 0 aromatic heterocycles. The summed E-state index contributed by atoms with van der Waals surface area (Å²) in [6.45, 7) is 2.45. The summed E-state index contributed by atoms with van der Waals surface area (Å²) in [5, 5.41) is 0. The molecule has 1 rings (SSSR count). The van der Waals surface area contributed by atoms with Crippen molar-refractivity contribution in [2.45, 2.75) is 18.3 Å². The Morgan fingerprint density at radius 3 is 2.60 bits per heavy atom. The number of hydrogen-bond acceptors (Lipinski definition) is 1. The van der Waals surface area contributed by atoms with Crippen molar-refractivity contribution in [2.75, 3.05) is 7.05 Å². The summed E-state index contributed by atoms with van der Waals surface area (Å²) in [5.41, 5.74) is 1.11. The van der Waals surface area contributed by atoms with Gasteiger partial charge in [0.25, 0.3) is 0 Å². The molecule has 0 aliphatic rings. The van der Waals surface area contributed by atoms with Gasteiger partial charge in [0, 0.05) is 18.1 Å². The van der Waals surface area contributed by atoms with Crippen molar-refractivity contribution in [3.05, 3.63) is 34.3 Å². The molecule has 0 radical (unpaired) electrons. The predicted molar refractivity (Wildman–Crippen MR) is 69.0 cm³/mol. The molecule has 15 heavy (non-hydrogen) atoms. The van der Waals surface area contributed by atoms with Gasteiger partial charge in [-0.3, -0.25) is 4.79 Å². The van der Waals surface area contributed by atoms with E-state index in [0.29, 0.717) is 6.54 Å². The lowest BCUT2D eigenvalue weighted by atomic mass is 10.2. The molecule has 0 saturated carbocycles. The minimum absolute atomic E-state index is 0.0887. The third kappa shape index (κ3) is 3.61. The van der Waals surface area contributed by atoms with E-state index in [1.807, 2.05) is 31.2 Å². The normalized spacial score (nSPS) is 12.3. The van der Waals surface area contributed by atoms with E-state index < -0.39 is 0 Å². The summed E-state index contributed by atoms with van der Waals surface area (Å²) in [4.78, 5) is 13.2. The van der Waals surface area contributed by atoms with Gasteiger partial charge in [-0.25, -0.2) is 0 Å². The summed E-state index contributed by atoms with van der Waals surface area (Å²) >= 11 is 6.73. The second-order valence-electron chi connectivity index (χ2n) is 3.40. The topological polar surface area (TPSA) is 20.3 Å². The van der Waals surface area contributed by atoms with Gasteiger partial charge in [-0.05, 0) is 18.6 Å². The van der Waals surface area contributed by atoms with Crippen molar-refractivity contribution in [3.8, 4) is 0 Å². The molecule has 0 aliphatic carbocycles. The third-order valence-corrected chi connectivity index (χ3v) is 3.25. The average Bonchev–Trinajstić information content (AvgIpc) is 2.20. The van der Waals surface area contributed by atoms with Crippen LogP contribution in [-0.2, 0) is 11.3 Å². The van der Waals surface area contributed by atoms with Crippen molar-refractivity contribution in [3.63, 3.8) is 0 Å². The summed E-state index contributed by atoms with van der Waals surface area (Å²) in [6.07, 6.45) is 0. The van der Waals surface area contributed by atoms with Gasteiger partial charge < -0.3 is 4.90 Å². The van der Waals surface area contributed by atoms with Crippen LogP contribution in [0.1, 0.15) is 12.5 Å². The Hall–Kier alpha value is -0.350. The van der Waals surface area contributed by atoms with E-state index in [-0.39, 0.29) is 10.7 Å². The lowest BCUT2D eigenvalue weighted by Crippen LogP contribution is -2.31. The first kappa shape index (κ1) is 12.7. The number of amides is 1. The van der Waals surface area contributed by atoms with Gasteiger partial charge in [0.1, 0.15) is 0 Å². The first-order chi connectivity index (χ1) is 7.02. The molecule has 1 atom stereocenters. The van der Waals surface area contributed by atoms with Gasteiger partial charge in [0.2, 0.25) is 5.91 Å². The second kappa shape index (κ2) is 5.66. The van der Waals surface area contributed by atoms with Crippen LogP contribution in [0.4, 0.5) is 0 Å². The molecule has 0 aliphatic heterocycles. The largest absolute Gasteiger partial charge is 0.340 e. The van der Waals surface area contributed by atoms with E-state index in [1.165, 1.54) is 0 Å². The number of carbonyl (C=O) groups is 1. The number of hydrogen-bond donors (Lipinski definition) is 0. The molecule has 82 valence electrons. The fourth-order valence-electron chi connectivity index (χ4n) is 1.26. The number of alkyl halides is 1. The summed E-state index contributed by atoms with van der Waals surface area (Å²) in [5.74, 6) is 0.0887. The fraction of sp³-hybridized carbons (Fsp3) is 0.364. The highest BCUT2D eigenvalue weighted by molar-refractivity contribution is 9.10. The number of nitrogens with zero attached hydrogens (tertiary/aromatic N) is 1. The third-order valence-electron chi connectivity index (χ3n) is 2.08. The van der Waals surface area contributed by atoms with Crippen LogP contribution in [0.5, 0.6) is 0 Å². The molecule has 0 N–H and O–H groups in total. The van der Waals surface area contributed by atoms with Gasteiger partial charge in [0.15, 0.2) is 0 Å². The molecule has 0 heterocycles. The van der Waals surface area contributed by atoms with Crippen LogP contribution in [0, 0.1) is 0 Å². The van der Waals surface area contributed by atoms with Crippen LogP contribution in [0.3, 0.4) is 0 Å². The average molecular weight is 335 g/mol. The summed E-state index contributed by atoms with van der Waals surface area (Å²) in [6, 6.07) is 7.91. The van der Waals surface area contributed by atoms with Crippen LogP contribution in [-0.4, -0.2) is 22.7 Å². The monoisotopic (exact) mass is 333 g/mol. The number of carbonyl (C=O) groups excluding carboxylic acids is 1. The van der Waals surface area contributed by atoms with Crippen molar-refractivity contribution in [1.82, 2.24) is 4.90 Å². The van der Waals surface area contributed by atoms with Crippen molar-refractivity contribution in [1.29, 1.82) is 0 Å². The zero-order valence-corrected chi connectivity index (χ0v) is 11.9. The molecule has 1 unspecified atom stereocenters. The van der Waals surface area contributed by atoms with Crippen LogP contribution >= 0.6 is 31.9 Å². The molecule has 1 aromatic rings. The molecular weight excluding hydrogens is 322 g/mol. The Labute approximate surface area is 107 Å². The maximum Gasteiger partial charge on any atom is 0.236 e. The Morgan fingerprint density at radius 2 is 2.07 bits per heavy atom. The zero-order valence-electron chi connectivity index (χ0n) is 8.71. The molecule has 1 amide bonds. The molecular formula is C11H13Br2NO. The Bertz CT molecular complexity index is 352. The molecule has 2 nitrogen and oxygen atoms in total. The predicted octanol–water partition coefficient (Wildman–Crippen LogP) is 3.19. The van der Waals surface area contributed by atoms with E-state index in [2.05, 4.69) is 31.9 Å². The molecule has 0 fully saturated rings. The number of halogens is 2. The van der Waals surface area contributed by atoms with E-state index in [9.17, 15) is 4.79 Å². The molecule has 0 saturated heterocycles. The van der Waals surface area contributed by atoms with Crippen molar-refractivity contribution >= 4 is 37.8 Å². The molecule has 4 heteroatoms. The summed E-state index contributed by atoms with van der Waals surface area (Å²) < 4.78 is 1.03. The number of rotatable bonds is 3. The maximum absolute atomic E-state index is 11.6. The lowest BCUT2D eigenvalue weighted by molar-refractivity contribution is -0.129. The Balaban J connectivity index is 2.71. The van der Waals surface area contributed by atoms with Crippen molar-refractivity contribution < 1.29 is 4.79 Å². The van der Waals surface area contributed by atoms with Gasteiger partial charge in [-0.2, -0.15) is 0 Å². The van der Waals surface area contributed by atoms with E-state index in [4.69, 9.17) is 0 Å². The SMILES string of the molecule is CC(Br)C(=O)N(C)Cc1ccccc1Br.